The minimum absolute atomic E-state index is 0.175. The summed E-state index contributed by atoms with van der Waals surface area (Å²) in [5, 5.41) is 39.2. The maximum Gasteiger partial charge on any atom is 0.472 e. The summed E-state index contributed by atoms with van der Waals surface area (Å²) in [5.41, 5.74) is 0. The van der Waals surface area contributed by atoms with Crippen LogP contribution in [0.3, 0.4) is 0 Å². The molecule has 1 aliphatic rings. The second-order valence-electron chi connectivity index (χ2n) is 10.9. The van der Waals surface area contributed by atoms with E-state index in [-0.39, 0.29) is 19.6 Å². The number of aliphatic hydroxyl groups excluding tert-OH is 4. The molecular formula is C28H57O10P. The third-order valence-electron chi connectivity index (χ3n) is 7.40. The molecule has 1 aliphatic carbocycles. The van der Waals surface area contributed by atoms with Crippen molar-refractivity contribution < 1.29 is 48.4 Å². The Bertz CT molecular complexity index is 625. The third-order valence-corrected chi connectivity index (χ3v) is 8.39. The molecule has 11 heteroatoms. The van der Waals surface area contributed by atoms with Crippen molar-refractivity contribution in [3.8, 4) is 0 Å². The van der Waals surface area contributed by atoms with Gasteiger partial charge in [-0.15, -0.1) is 0 Å². The number of unbranched alkanes of at least 4 members (excludes halogenated alkanes) is 15. The normalized spacial score (nSPS) is 26.0. The molecule has 0 aromatic rings. The van der Waals surface area contributed by atoms with Crippen molar-refractivity contribution in [1.29, 1.82) is 0 Å². The average molecular weight is 585 g/mol. The summed E-state index contributed by atoms with van der Waals surface area (Å²) in [4.78, 5) is 9.97. The van der Waals surface area contributed by atoms with E-state index in [0.29, 0.717) is 6.61 Å². The smallest absolute Gasteiger partial charge is 0.390 e. The zero-order valence-corrected chi connectivity index (χ0v) is 25.2. The number of hydrogen-bond acceptors (Lipinski definition) is 9. The third kappa shape index (κ3) is 17.4. The molecule has 234 valence electrons. The molecule has 0 aliphatic heterocycles. The predicted octanol–water partition coefficient (Wildman–Crippen LogP) is 4.63. The van der Waals surface area contributed by atoms with Gasteiger partial charge in [-0.1, -0.05) is 103 Å². The number of phosphoric acid groups is 1. The highest BCUT2D eigenvalue weighted by atomic mass is 31.2. The zero-order chi connectivity index (χ0) is 28.9. The van der Waals surface area contributed by atoms with Crippen molar-refractivity contribution in [1.82, 2.24) is 0 Å². The van der Waals surface area contributed by atoms with Gasteiger partial charge >= 0.3 is 7.82 Å². The second kappa shape index (κ2) is 22.5. The molecule has 1 fully saturated rings. The number of hydrogen-bond donors (Lipinski definition) is 5. The van der Waals surface area contributed by atoms with Gasteiger partial charge in [-0.2, -0.15) is 0 Å². The van der Waals surface area contributed by atoms with Crippen molar-refractivity contribution in [2.75, 3.05) is 26.9 Å². The Balaban J connectivity index is 2.00. The van der Waals surface area contributed by atoms with Crippen molar-refractivity contribution in [3.05, 3.63) is 0 Å². The summed E-state index contributed by atoms with van der Waals surface area (Å²) in [5.74, 6) is 0. The number of methoxy groups -OCH3 is 1. The van der Waals surface area contributed by atoms with Crippen molar-refractivity contribution >= 4 is 7.82 Å². The Hall–Kier alpha value is -0.130. The van der Waals surface area contributed by atoms with Gasteiger partial charge in [-0.05, 0) is 6.42 Å². The molecule has 0 heterocycles. The average Bonchev–Trinajstić information content (AvgIpc) is 2.91. The van der Waals surface area contributed by atoms with Crippen LogP contribution in [0.25, 0.3) is 0 Å². The van der Waals surface area contributed by atoms with E-state index in [1.54, 1.807) is 0 Å². The lowest BCUT2D eigenvalue weighted by atomic mass is 9.87. The molecule has 0 aromatic heterocycles. The zero-order valence-electron chi connectivity index (χ0n) is 24.3. The quantitative estimate of drug-likeness (QED) is 0.0758. The van der Waals surface area contributed by atoms with E-state index in [4.69, 9.17) is 18.5 Å². The number of ether oxygens (including phenoxy) is 2. The van der Waals surface area contributed by atoms with Crippen LogP contribution < -0.4 is 0 Å². The lowest BCUT2D eigenvalue weighted by molar-refractivity contribution is -0.173. The highest BCUT2D eigenvalue weighted by molar-refractivity contribution is 7.47. The lowest BCUT2D eigenvalue weighted by Gasteiger charge is -2.38. The molecule has 1 saturated carbocycles. The fraction of sp³-hybridized carbons (Fsp3) is 1.00. The van der Waals surface area contributed by atoms with Gasteiger partial charge in [-0.3, -0.25) is 9.05 Å². The fourth-order valence-corrected chi connectivity index (χ4v) is 5.80. The molecule has 2 unspecified atom stereocenters. The SMILES string of the molecule is CCCCCCCCCCCCCCCCCCOCC(COP(=O)(O)O[C@H]1[C@H](O)[C@@H](O)[C@H](O)C[C@H]1O)OC. The van der Waals surface area contributed by atoms with Gasteiger partial charge in [0.2, 0.25) is 0 Å². The van der Waals surface area contributed by atoms with E-state index in [0.717, 1.165) is 12.8 Å². The molecule has 0 saturated heterocycles. The van der Waals surface area contributed by atoms with E-state index in [1.165, 1.54) is 97.0 Å². The first-order valence-corrected chi connectivity index (χ1v) is 16.7. The van der Waals surface area contributed by atoms with E-state index in [2.05, 4.69) is 6.92 Å². The van der Waals surface area contributed by atoms with Crippen LogP contribution >= 0.6 is 7.82 Å². The van der Waals surface area contributed by atoms with Crippen LogP contribution in [0.2, 0.25) is 0 Å². The minimum atomic E-state index is -4.68. The minimum Gasteiger partial charge on any atom is -0.390 e. The first-order chi connectivity index (χ1) is 18.7. The van der Waals surface area contributed by atoms with E-state index >= 15 is 0 Å². The highest BCUT2D eigenvalue weighted by Gasteiger charge is 2.46. The summed E-state index contributed by atoms with van der Waals surface area (Å²) in [6.07, 6.45) is 12.2. The van der Waals surface area contributed by atoms with Crippen molar-refractivity contribution in [2.45, 2.75) is 153 Å². The summed E-state index contributed by atoms with van der Waals surface area (Å²) < 4.78 is 33.0. The van der Waals surface area contributed by atoms with E-state index in [1.807, 2.05) is 0 Å². The Morgan fingerprint density at radius 3 is 1.69 bits per heavy atom. The fourth-order valence-electron chi connectivity index (χ4n) is 4.82. The molecule has 39 heavy (non-hydrogen) atoms. The maximum absolute atomic E-state index is 12.3. The van der Waals surface area contributed by atoms with Crippen LogP contribution in [-0.2, 0) is 23.1 Å². The first-order valence-electron chi connectivity index (χ1n) is 15.2. The van der Waals surface area contributed by atoms with Gasteiger partial charge in [0.1, 0.15) is 24.4 Å². The molecule has 0 aromatic carbocycles. The van der Waals surface area contributed by atoms with Crippen molar-refractivity contribution in [2.24, 2.45) is 0 Å². The summed E-state index contributed by atoms with van der Waals surface area (Å²) in [6.45, 7) is 2.70. The van der Waals surface area contributed by atoms with Crippen LogP contribution in [0.4, 0.5) is 0 Å². The number of phosphoric ester groups is 1. The predicted molar refractivity (Wildman–Crippen MR) is 150 cm³/mol. The van der Waals surface area contributed by atoms with Gasteiger partial charge in [0, 0.05) is 20.1 Å². The van der Waals surface area contributed by atoms with Gasteiger partial charge < -0.3 is 34.8 Å². The molecule has 5 N–H and O–H groups in total. The lowest BCUT2D eigenvalue weighted by Crippen LogP contribution is -2.56. The second-order valence-corrected chi connectivity index (χ2v) is 12.3. The summed E-state index contributed by atoms with van der Waals surface area (Å²) in [7, 11) is -3.24. The van der Waals surface area contributed by atoms with Gasteiger partial charge in [0.25, 0.3) is 0 Å². The number of rotatable bonds is 25. The monoisotopic (exact) mass is 584 g/mol. The summed E-state index contributed by atoms with van der Waals surface area (Å²) >= 11 is 0. The standard InChI is InChI=1S/C28H57O10P/c1-3-4-5-6-7-8-9-10-11-12-13-14-15-16-17-18-19-36-21-23(35-2)22-37-39(33,34)38-28-25(30)20-24(29)26(31)27(28)32/h23-32H,3-22H2,1-2H3,(H,33,34)/t23?,24-,25-,26+,27-,28-/m1/s1. The Morgan fingerprint density at radius 2 is 1.21 bits per heavy atom. The van der Waals surface area contributed by atoms with E-state index < -0.39 is 44.4 Å². The van der Waals surface area contributed by atoms with Crippen LogP contribution in [-0.4, -0.2) is 88.9 Å². The van der Waals surface area contributed by atoms with Gasteiger partial charge in [0.05, 0.1) is 25.4 Å². The Labute approximate surface area is 236 Å². The first kappa shape index (κ1) is 36.9. The van der Waals surface area contributed by atoms with Crippen molar-refractivity contribution in [3.63, 3.8) is 0 Å². The molecule has 0 amide bonds. The van der Waals surface area contributed by atoms with Crippen LogP contribution in [0.5, 0.6) is 0 Å². The van der Waals surface area contributed by atoms with Crippen LogP contribution in [0.15, 0.2) is 0 Å². The van der Waals surface area contributed by atoms with Gasteiger partial charge in [-0.25, -0.2) is 4.57 Å². The highest BCUT2D eigenvalue weighted by Crippen LogP contribution is 2.47. The molecule has 0 bridgehead atoms. The largest absolute Gasteiger partial charge is 0.472 e. The van der Waals surface area contributed by atoms with E-state index in [9.17, 15) is 29.9 Å². The van der Waals surface area contributed by atoms with Crippen LogP contribution in [0, 0.1) is 0 Å². The topological polar surface area (TPSA) is 155 Å². The molecule has 0 spiro atoms. The molecule has 10 nitrogen and oxygen atoms in total. The Kier molecular flexibility index (Phi) is 21.3. The van der Waals surface area contributed by atoms with Crippen LogP contribution in [0.1, 0.15) is 116 Å². The molecular weight excluding hydrogens is 527 g/mol. The Morgan fingerprint density at radius 1 is 0.718 bits per heavy atom. The maximum atomic E-state index is 12.3. The molecule has 7 atom stereocenters. The summed E-state index contributed by atoms with van der Waals surface area (Å²) in [6, 6.07) is 0. The molecule has 1 rings (SSSR count). The number of aliphatic hydroxyl groups is 4. The molecule has 0 radical (unpaired) electrons. The van der Waals surface area contributed by atoms with Gasteiger partial charge in [0.15, 0.2) is 0 Å².